The molecule has 24 heavy (non-hydrogen) atoms. The van der Waals surface area contributed by atoms with Crippen LogP contribution in [0.25, 0.3) is 0 Å². The van der Waals surface area contributed by atoms with Crippen LogP contribution in [0.4, 0.5) is 0 Å². The molecule has 134 valence electrons. The van der Waals surface area contributed by atoms with Crippen molar-refractivity contribution in [2.45, 2.75) is 50.3 Å². The lowest BCUT2D eigenvalue weighted by atomic mass is 9.69. The van der Waals surface area contributed by atoms with E-state index in [-0.39, 0.29) is 16.2 Å². The molecule has 1 aromatic carbocycles. The molecule has 2 aliphatic heterocycles. The van der Waals surface area contributed by atoms with E-state index in [1.807, 2.05) is 44.1 Å². The van der Waals surface area contributed by atoms with E-state index < -0.39 is 21.4 Å². The molecule has 0 bridgehead atoms. The predicted octanol–water partition coefficient (Wildman–Crippen LogP) is 2.15. The zero-order valence-corrected chi connectivity index (χ0v) is 16.6. The van der Waals surface area contributed by atoms with Crippen LogP contribution in [0.2, 0.25) is 0 Å². The van der Waals surface area contributed by atoms with Crippen LogP contribution < -0.4 is 0 Å². The molecule has 2 saturated heterocycles. The molecule has 3 rings (SSSR count). The molecule has 0 aromatic heterocycles. The first kappa shape index (κ1) is 18.2. The van der Waals surface area contributed by atoms with Crippen molar-refractivity contribution in [2.24, 2.45) is 5.41 Å². The Morgan fingerprint density at radius 2 is 1.71 bits per heavy atom. The van der Waals surface area contributed by atoms with E-state index in [0.717, 1.165) is 5.56 Å². The molecule has 5 nitrogen and oxygen atoms in total. The minimum absolute atomic E-state index is 0.0430. The summed E-state index contributed by atoms with van der Waals surface area (Å²) in [7, 11) is -3.42. The summed E-state index contributed by atoms with van der Waals surface area (Å²) in [5.41, 5.74) is 1.00. The number of nitrogens with zero attached hydrogens (tertiary/aromatic N) is 2. The summed E-state index contributed by atoms with van der Waals surface area (Å²) in [6.45, 7) is 11.6. The Bertz CT molecular complexity index is 719. The van der Waals surface area contributed by atoms with Crippen molar-refractivity contribution >= 4 is 21.4 Å². The maximum Gasteiger partial charge on any atom is 0.243 e. The molecule has 0 aliphatic carbocycles. The third-order valence-corrected chi connectivity index (χ3v) is 8.89. The van der Waals surface area contributed by atoms with Crippen LogP contribution in [0.5, 0.6) is 0 Å². The highest BCUT2D eigenvalue weighted by molar-refractivity contribution is 7.90. The highest BCUT2D eigenvalue weighted by atomic mass is 32.2. The van der Waals surface area contributed by atoms with Gasteiger partial charge in [0.15, 0.2) is 0 Å². The lowest BCUT2D eigenvalue weighted by Gasteiger charge is -2.63. The Kier molecular flexibility index (Phi) is 4.33. The van der Waals surface area contributed by atoms with Gasteiger partial charge in [-0.25, -0.2) is 8.42 Å². The Morgan fingerprint density at radius 1 is 1.17 bits per heavy atom. The van der Waals surface area contributed by atoms with Crippen molar-refractivity contribution < 1.29 is 13.0 Å². The second kappa shape index (κ2) is 5.71. The Hall–Kier alpha value is -0.600. The highest BCUT2D eigenvalue weighted by Crippen LogP contribution is 2.49. The van der Waals surface area contributed by atoms with E-state index in [1.54, 1.807) is 16.4 Å². The first-order chi connectivity index (χ1) is 11.0. The van der Waals surface area contributed by atoms with E-state index in [0.29, 0.717) is 24.5 Å². The number of rotatable bonds is 3. The average Bonchev–Trinajstić information content (AvgIpc) is 2.43. The largest absolute Gasteiger partial charge is 0.597 e. The van der Waals surface area contributed by atoms with Gasteiger partial charge in [-0.05, 0) is 46.8 Å². The van der Waals surface area contributed by atoms with Gasteiger partial charge in [0.05, 0.1) is 17.5 Å². The fourth-order valence-corrected chi connectivity index (χ4v) is 6.60. The average molecular weight is 371 g/mol. The van der Waals surface area contributed by atoms with Crippen LogP contribution in [-0.4, -0.2) is 52.0 Å². The molecule has 0 saturated carbocycles. The summed E-state index contributed by atoms with van der Waals surface area (Å²) in [4.78, 5) is 0.352. The van der Waals surface area contributed by atoms with E-state index in [9.17, 15) is 13.0 Å². The molecule has 0 radical (unpaired) electrons. The monoisotopic (exact) mass is 370 g/mol. The fourth-order valence-electron chi connectivity index (χ4n) is 3.38. The van der Waals surface area contributed by atoms with E-state index in [2.05, 4.69) is 6.92 Å². The smallest absolute Gasteiger partial charge is 0.243 e. The van der Waals surface area contributed by atoms with Crippen molar-refractivity contribution in [3.05, 3.63) is 29.8 Å². The molecule has 2 aliphatic rings. The van der Waals surface area contributed by atoms with Crippen molar-refractivity contribution in [3.8, 4) is 0 Å². The summed E-state index contributed by atoms with van der Waals surface area (Å²) in [5, 5.41) is 0. The Balaban J connectivity index is 1.67. The summed E-state index contributed by atoms with van der Waals surface area (Å²) in [6.07, 6.45) is 0. The zero-order chi connectivity index (χ0) is 17.9. The lowest BCUT2D eigenvalue weighted by Crippen LogP contribution is -2.78. The maximum absolute atomic E-state index is 12.7. The van der Waals surface area contributed by atoms with E-state index in [1.165, 1.54) is 0 Å². The Labute approximate surface area is 148 Å². The topological polar surface area (TPSA) is 63.7 Å². The number of sulfonamides is 1. The van der Waals surface area contributed by atoms with Crippen LogP contribution in [0.3, 0.4) is 0 Å². The maximum atomic E-state index is 12.7. The van der Waals surface area contributed by atoms with Gasteiger partial charge in [0.2, 0.25) is 10.0 Å². The SMILES string of the molecule is Cc1ccc(S(=O)(=O)N2CC3(CN([S+]([O-])C(C)(C)C)C3C)C2)cc1. The van der Waals surface area contributed by atoms with Gasteiger partial charge in [0.25, 0.3) is 0 Å². The van der Waals surface area contributed by atoms with Crippen LogP contribution in [-0.2, 0) is 21.4 Å². The molecule has 2 heterocycles. The molecule has 0 N–H and O–H groups in total. The minimum atomic E-state index is -3.42. The zero-order valence-electron chi connectivity index (χ0n) is 14.9. The lowest BCUT2D eigenvalue weighted by molar-refractivity contribution is -0.0880. The van der Waals surface area contributed by atoms with Crippen molar-refractivity contribution in [2.75, 3.05) is 19.6 Å². The molecular weight excluding hydrogens is 344 g/mol. The van der Waals surface area contributed by atoms with E-state index in [4.69, 9.17) is 0 Å². The first-order valence-electron chi connectivity index (χ1n) is 8.23. The summed E-state index contributed by atoms with van der Waals surface area (Å²) in [6, 6.07) is 7.12. The standard InChI is InChI=1S/C17H26N2O3S2/c1-13-6-8-15(9-7-13)24(21,22)18-10-17(11-18)12-19(14(17)2)23(20)16(3,4)5/h6-9,14H,10-12H2,1-5H3. The van der Waals surface area contributed by atoms with E-state index >= 15 is 0 Å². The number of aryl methyl sites for hydroxylation is 1. The number of hydrogen-bond donors (Lipinski definition) is 0. The highest BCUT2D eigenvalue weighted by Gasteiger charge is 2.64. The predicted molar refractivity (Wildman–Crippen MR) is 96.4 cm³/mol. The van der Waals surface area contributed by atoms with Gasteiger partial charge < -0.3 is 4.55 Å². The molecule has 2 atom stereocenters. The molecule has 7 heteroatoms. The number of hydrogen-bond acceptors (Lipinski definition) is 4. The third-order valence-electron chi connectivity index (χ3n) is 5.17. The quantitative estimate of drug-likeness (QED) is 0.765. The van der Waals surface area contributed by atoms with Gasteiger partial charge in [0.1, 0.15) is 4.75 Å². The van der Waals surface area contributed by atoms with Gasteiger partial charge in [-0.1, -0.05) is 17.7 Å². The Morgan fingerprint density at radius 3 is 2.17 bits per heavy atom. The van der Waals surface area contributed by atoms with Crippen LogP contribution in [0, 0.1) is 12.3 Å². The molecule has 2 fully saturated rings. The summed E-state index contributed by atoms with van der Waals surface area (Å²) < 4.78 is 41.2. The van der Waals surface area contributed by atoms with Crippen LogP contribution >= 0.6 is 0 Å². The minimum Gasteiger partial charge on any atom is -0.597 e. The molecule has 0 amide bonds. The molecule has 1 aromatic rings. The van der Waals surface area contributed by atoms with Gasteiger partial charge in [-0.15, -0.1) is 4.31 Å². The van der Waals surface area contributed by atoms with Crippen LogP contribution in [0.15, 0.2) is 29.2 Å². The summed E-state index contributed by atoms with van der Waals surface area (Å²) >= 11 is -1.05. The van der Waals surface area contributed by atoms with Gasteiger partial charge >= 0.3 is 0 Å². The van der Waals surface area contributed by atoms with Crippen molar-refractivity contribution in [1.82, 2.24) is 8.61 Å². The van der Waals surface area contributed by atoms with Gasteiger partial charge in [-0.3, -0.25) is 0 Å². The molecular formula is C17H26N2O3S2. The molecule has 2 unspecified atom stereocenters. The second-order valence-corrected chi connectivity index (χ2v) is 12.2. The third kappa shape index (κ3) is 2.80. The van der Waals surface area contributed by atoms with Gasteiger partial charge in [-0.2, -0.15) is 4.31 Å². The normalized spacial score (nSPS) is 26.0. The fraction of sp³-hybridized carbons (Fsp3) is 0.647. The van der Waals surface area contributed by atoms with Gasteiger partial charge in [0, 0.05) is 29.9 Å². The first-order valence-corrected chi connectivity index (χ1v) is 10.8. The summed E-state index contributed by atoms with van der Waals surface area (Å²) in [5.74, 6) is 0. The number of benzene rings is 1. The second-order valence-electron chi connectivity index (χ2n) is 8.06. The van der Waals surface area contributed by atoms with Crippen molar-refractivity contribution in [3.63, 3.8) is 0 Å². The van der Waals surface area contributed by atoms with Crippen LogP contribution in [0.1, 0.15) is 33.3 Å². The van der Waals surface area contributed by atoms with Crippen molar-refractivity contribution in [1.29, 1.82) is 0 Å². The molecule has 1 spiro atoms.